The van der Waals surface area contributed by atoms with Gasteiger partial charge in [-0.05, 0) is 78.1 Å². The lowest BCUT2D eigenvalue weighted by atomic mass is 9.99. The summed E-state index contributed by atoms with van der Waals surface area (Å²) >= 11 is 0. The second-order valence-electron chi connectivity index (χ2n) is 18.7. The SMILES string of the molecule is COC(=O)C[C@H](CC(C)C)NC(=O)C[C@H](C)NC(=O)C[C@H](NC(=O)[C@H](C)NC(=O)C[C@H](CC(C)C)NC(=O)C[C@H](C)NC(=O)C[C@H](NC(=O)OC(C)(C)C)C(C)C)C(C)C. The van der Waals surface area contributed by atoms with E-state index in [1.54, 1.807) is 34.6 Å². The zero-order valence-electron chi connectivity index (χ0n) is 39.1. The van der Waals surface area contributed by atoms with Crippen LogP contribution in [0.3, 0.4) is 0 Å². The highest BCUT2D eigenvalue weighted by Gasteiger charge is 2.28. The summed E-state index contributed by atoms with van der Waals surface area (Å²) < 4.78 is 10.1. The molecule has 60 heavy (non-hydrogen) atoms. The van der Waals surface area contributed by atoms with Crippen molar-refractivity contribution < 1.29 is 47.8 Å². The van der Waals surface area contributed by atoms with Crippen LogP contribution in [0.1, 0.15) is 148 Å². The predicted octanol–water partition coefficient (Wildman–Crippen LogP) is 3.77. The largest absolute Gasteiger partial charge is 0.469 e. The van der Waals surface area contributed by atoms with Crippen molar-refractivity contribution in [2.45, 2.75) is 196 Å². The second kappa shape index (κ2) is 27.4. The van der Waals surface area contributed by atoms with E-state index in [0.717, 1.165) is 0 Å². The zero-order chi connectivity index (χ0) is 46.5. The van der Waals surface area contributed by atoms with Crippen LogP contribution < -0.4 is 37.2 Å². The number of methoxy groups -OCH3 is 1. The molecule has 0 aliphatic heterocycles. The van der Waals surface area contributed by atoms with Gasteiger partial charge in [0.1, 0.15) is 11.6 Å². The minimum atomic E-state index is -0.946. The van der Waals surface area contributed by atoms with Crippen LogP contribution in [-0.4, -0.2) is 103 Å². The van der Waals surface area contributed by atoms with Gasteiger partial charge in [-0.15, -0.1) is 0 Å². The van der Waals surface area contributed by atoms with E-state index < -0.39 is 71.8 Å². The van der Waals surface area contributed by atoms with Gasteiger partial charge in [0.05, 0.1) is 13.5 Å². The molecule has 0 unspecified atom stereocenters. The monoisotopic (exact) mass is 854 g/mol. The van der Waals surface area contributed by atoms with Crippen molar-refractivity contribution >= 4 is 47.5 Å². The second-order valence-corrected chi connectivity index (χ2v) is 18.7. The molecule has 17 heteroatoms. The third-order valence-electron chi connectivity index (χ3n) is 9.33. The Bertz CT molecular complexity index is 1410. The van der Waals surface area contributed by atoms with Gasteiger partial charge < -0.3 is 46.7 Å². The first-order valence-corrected chi connectivity index (χ1v) is 21.4. The van der Waals surface area contributed by atoms with Gasteiger partial charge in [-0.25, -0.2) is 4.79 Å². The van der Waals surface area contributed by atoms with E-state index in [2.05, 4.69) is 37.2 Å². The molecule has 0 radical (unpaired) electrons. The summed E-state index contributed by atoms with van der Waals surface area (Å²) in [6, 6.07) is -3.97. The Hall–Kier alpha value is -4.44. The number of hydrogen-bond donors (Lipinski definition) is 7. The quantitative estimate of drug-likeness (QED) is 0.0622. The highest BCUT2D eigenvalue weighted by molar-refractivity contribution is 5.88. The van der Waals surface area contributed by atoms with Gasteiger partial charge in [0.25, 0.3) is 0 Å². The smallest absolute Gasteiger partial charge is 0.407 e. The van der Waals surface area contributed by atoms with Crippen molar-refractivity contribution in [2.75, 3.05) is 7.11 Å². The molecule has 0 rings (SSSR count). The van der Waals surface area contributed by atoms with Crippen LogP contribution in [-0.2, 0) is 43.0 Å². The molecule has 0 fully saturated rings. The first-order valence-electron chi connectivity index (χ1n) is 21.4. The molecule has 0 saturated heterocycles. The van der Waals surface area contributed by atoms with Crippen LogP contribution in [0.25, 0.3) is 0 Å². The topological polar surface area (TPSA) is 239 Å². The number of nitrogens with one attached hydrogen (secondary N) is 7. The highest BCUT2D eigenvalue weighted by atomic mass is 16.6. The predicted molar refractivity (Wildman–Crippen MR) is 230 cm³/mol. The average molecular weight is 854 g/mol. The van der Waals surface area contributed by atoms with Crippen LogP contribution >= 0.6 is 0 Å². The first-order chi connectivity index (χ1) is 27.6. The summed E-state index contributed by atoms with van der Waals surface area (Å²) in [5.74, 6) is -2.56. The van der Waals surface area contributed by atoms with Crippen LogP contribution in [0.5, 0.6) is 0 Å². The van der Waals surface area contributed by atoms with Crippen LogP contribution in [0, 0.1) is 23.7 Å². The van der Waals surface area contributed by atoms with E-state index in [0.29, 0.717) is 12.8 Å². The maximum atomic E-state index is 13.2. The third kappa shape index (κ3) is 26.6. The summed E-state index contributed by atoms with van der Waals surface area (Å²) in [7, 11) is 1.29. The molecule has 7 N–H and O–H groups in total. The summed E-state index contributed by atoms with van der Waals surface area (Å²) in [6.45, 7) is 25.5. The highest BCUT2D eigenvalue weighted by Crippen LogP contribution is 2.14. The average Bonchev–Trinajstić information content (AvgIpc) is 3.05. The molecule has 0 aromatic carbocycles. The Morgan fingerprint density at radius 1 is 0.467 bits per heavy atom. The van der Waals surface area contributed by atoms with Gasteiger partial charge in [-0.2, -0.15) is 0 Å². The maximum Gasteiger partial charge on any atom is 0.407 e. The van der Waals surface area contributed by atoms with E-state index in [4.69, 9.17) is 9.47 Å². The van der Waals surface area contributed by atoms with Gasteiger partial charge in [0.2, 0.25) is 35.4 Å². The van der Waals surface area contributed by atoms with E-state index in [1.807, 2.05) is 55.4 Å². The molecule has 0 aromatic rings. The van der Waals surface area contributed by atoms with Gasteiger partial charge in [0, 0.05) is 68.4 Å². The van der Waals surface area contributed by atoms with Crippen LogP contribution in [0.15, 0.2) is 0 Å². The number of esters is 1. The molecular weight excluding hydrogens is 775 g/mol. The van der Waals surface area contributed by atoms with Crippen molar-refractivity contribution in [3.8, 4) is 0 Å². The lowest BCUT2D eigenvalue weighted by Crippen LogP contribution is -2.52. The summed E-state index contributed by atoms with van der Waals surface area (Å²) in [5, 5.41) is 19.7. The number of carbonyl (C=O) groups is 8. The molecule has 0 aromatic heterocycles. The van der Waals surface area contributed by atoms with E-state index in [-0.39, 0.29) is 85.8 Å². The molecule has 0 aliphatic carbocycles. The molecule has 17 nitrogen and oxygen atoms in total. The molecule has 7 atom stereocenters. The molecule has 0 saturated carbocycles. The van der Waals surface area contributed by atoms with E-state index in [9.17, 15) is 38.4 Å². The van der Waals surface area contributed by atoms with Crippen molar-refractivity contribution in [3.05, 3.63) is 0 Å². The number of alkyl carbamates (subject to hydrolysis) is 1. The maximum absolute atomic E-state index is 13.2. The molecule has 0 aliphatic rings. The fourth-order valence-corrected chi connectivity index (χ4v) is 6.37. The number of rotatable bonds is 26. The van der Waals surface area contributed by atoms with Crippen molar-refractivity contribution in [2.24, 2.45) is 23.7 Å². The van der Waals surface area contributed by atoms with Crippen molar-refractivity contribution in [1.29, 1.82) is 0 Å². The minimum absolute atomic E-state index is 0.00384. The Morgan fingerprint density at radius 3 is 1.23 bits per heavy atom. The lowest BCUT2D eigenvalue weighted by Gasteiger charge is -2.26. The van der Waals surface area contributed by atoms with Crippen LogP contribution in [0.2, 0.25) is 0 Å². The molecule has 0 bridgehead atoms. The number of hydrogen-bond acceptors (Lipinski definition) is 10. The summed E-state index contributed by atoms with van der Waals surface area (Å²) in [5.41, 5.74) is -0.687. The normalized spacial score (nSPS) is 15.1. The number of ether oxygens (including phenoxy) is 2. The third-order valence-corrected chi connectivity index (χ3v) is 9.33. The first kappa shape index (κ1) is 55.6. The Balaban J connectivity index is 5.19. The number of amides is 7. The van der Waals surface area contributed by atoms with Gasteiger partial charge >= 0.3 is 12.1 Å². The van der Waals surface area contributed by atoms with Crippen molar-refractivity contribution in [3.63, 3.8) is 0 Å². The van der Waals surface area contributed by atoms with Crippen molar-refractivity contribution in [1.82, 2.24) is 37.2 Å². The molecular formula is C43H79N7O10. The Kier molecular flexibility index (Phi) is 25.4. The standard InChI is InChI=1S/C43H79N7O10/c1-24(2)16-31(47-35(51)18-28(9)45-39(55)23-34(27(7)8)50-42(58)60-43(12,13)14)20-37(53)46-30(11)41(57)49-33(26(5)6)22-38(54)44-29(10)19-36(52)48-32(17-25(3)4)21-40(56)59-15/h24-34H,16-23H2,1-15H3,(H,44,54)(H,45,55)(H,46,53)(H,47,51)(H,48,52)(H,49,57)(H,50,58)/t28-,29-,30-,31-,32-,33-,34-/m0/s1. The van der Waals surface area contributed by atoms with Crippen LogP contribution in [0.4, 0.5) is 4.79 Å². The zero-order valence-corrected chi connectivity index (χ0v) is 39.1. The molecule has 0 heterocycles. The molecule has 0 spiro atoms. The summed E-state index contributed by atoms with van der Waals surface area (Å²) in [6.07, 6.45) is 0.312. The van der Waals surface area contributed by atoms with Gasteiger partial charge in [-0.1, -0.05) is 55.4 Å². The fraction of sp³-hybridized carbons (Fsp3) is 0.814. The van der Waals surface area contributed by atoms with Gasteiger partial charge in [-0.3, -0.25) is 33.6 Å². The minimum Gasteiger partial charge on any atom is -0.469 e. The number of carbonyl (C=O) groups excluding carboxylic acids is 8. The fourth-order valence-electron chi connectivity index (χ4n) is 6.37. The summed E-state index contributed by atoms with van der Waals surface area (Å²) in [4.78, 5) is 102. The Labute approximate surface area is 358 Å². The van der Waals surface area contributed by atoms with E-state index in [1.165, 1.54) is 14.0 Å². The Morgan fingerprint density at radius 2 is 0.850 bits per heavy atom. The lowest BCUT2D eigenvalue weighted by molar-refractivity contribution is -0.141. The van der Waals surface area contributed by atoms with E-state index >= 15 is 0 Å². The molecule has 7 amide bonds. The van der Waals surface area contributed by atoms with Gasteiger partial charge in [0.15, 0.2) is 0 Å². The molecule has 346 valence electrons.